The van der Waals surface area contributed by atoms with E-state index in [1.807, 2.05) is 0 Å². The molecule has 0 aliphatic carbocycles. The number of rotatable bonds is 7. The molecule has 0 saturated heterocycles. The standard InChI is InChI=1S/C20H21F4N7O/c1-4-30(13(3)9-25-19-26-10-14(11-27-19)20(22,23)24)18(32)16-15(31-28-7-8-29-31)6-5-12(2)17(16)21/h5-8,10-11,13H,4,9H2,1-3H3,(H,25,26,27). The summed E-state index contributed by atoms with van der Waals surface area (Å²) in [6.45, 7) is 5.40. The normalized spacial score (nSPS) is 12.5. The molecule has 1 aromatic carbocycles. The second-order valence-corrected chi connectivity index (χ2v) is 7.02. The van der Waals surface area contributed by atoms with Crippen LogP contribution in [0.5, 0.6) is 0 Å². The Labute approximate surface area is 181 Å². The number of carbonyl (C=O) groups excluding carboxylic acids is 1. The van der Waals surface area contributed by atoms with Crippen LogP contribution in [0, 0.1) is 12.7 Å². The Hall–Kier alpha value is -3.57. The van der Waals surface area contributed by atoms with Crippen LogP contribution in [0.4, 0.5) is 23.5 Å². The first-order valence-corrected chi connectivity index (χ1v) is 9.73. The molecule has 0 aliphatic heterocycles. The third kappa shape index (κ3) is 4.84. The average molecular weight is 451 g/mol. The van der Waals surface area contributed by atoms with Crippen LogP contribution in [0.2, 0.25) is 0 Å². The Balaban J connectivity index is 1.80. The monoisotopic (exact) mass is 451 g/mol. The molecule has 1 N–H and O–H groups in total. The van der Waals surface area contributed by atoms with Crippen molar-refractivity contribution in [3.05, 3.63) is 59.4 Å². The minimum absolute atomic E-state index is 0.0171. The predicted molar refractivity (Wildman–Crippen MR) is 108 cm³/mol. The number of amides is 1. The van der Waals surface area contributed by atoms with Gasteiger partial charge in [-0.15, -0.1) is 0 Å². The number of nitrogens with one attached hydrogen (secondary N) is 1. The highest BCUT2D eigenvalue weighted by Crippen LogP contribution is 2.28. The van der Waals surface area contributed by atoms with Crippen LogP contribution in [-0.4, -0.2) is 54.9 Å². The van der Waals surface area contributed by atoms with Crippen molar-refractivity contribution in [2.24, 2.45) is 0 Å². The first kappa shape index (κ1) is 23.1. The summed E-state index contributed by atoms with van der Waals surface area (Å²) in [6, 6.07) is 2.64. The van der Waals surface area contributed by atoms with Crippen LogP contribution >= 0.6 is 0 Å². The number of halogens is 4. The van der Waals surface area contributed by atoms with Gasteiger partial charge in [0, 0.05) is 31.5 Å². The van der Waals surface area contributed by atoms with Crippen molar-refractivity contribution < 1.29 is 22.4 Å². The number of hydrogen-bond donors (Lipinski definition) is 1. The lowest BCUT2D eigenvalue weighted by Gasteiger charge is -2.29. The summed E-state index contributed by atoms with van der Waals surface area (Å²) < 4.78 is 52.9. The molecular weight excluding hydrogens is 430 g/mol. The van der Waals surface area contributed by atoms with E-state index in [2.05, 4.69) is 25.5 Å². The van der Waals surface area contributed by atoms with Gasteiger partial charge in [0.2, 0.25) is 5.95 Å². The largest absolute Gasteiger partial charge is 0.419 e. The van der Waals surface area contributed by atoms with Gasteiger partial charge < -0.3 is 10.2 Å². The fourth-order valence-electron chi connectivity index (χ4n) is 3.09. The van der Waals surface area contributed by atoms with E-state index in [1.165, 1.54) is 28.2 Å². The molecule has 0 radical (unpaired) electrons. The van der Waals surface area contributed by atoms with Gasteiger partial charge in [0.05, 0.1) is 18.0 Å². The minimum atomic E-state index is -4.53. The first-order valence-electron chi connectivity index (χ1n) is 9.73. The summed E-state index contributed by atoms with van der Waals surface area (Å²) in [5, 5.41) is 10.8. The number of alkyl halides is 3. The fourth-order valence-corrected chi connectivity index (χ4v) is 3.09. The van der Waals surface area contributed by atoms with Gasteiger partial charge in [-0.1, -0.05) is 6.07 Å². The number of hydrogen-bond acceptors (Lipinski definition) is 6. The van der Waals surface area contributed by atoms with Crippen molar-refractivity contribution in [3.8, 4) is 5.69 Å². The molecule has 0 aliphatic rings. The molecule has 0 saturated carbocycles. The first-order chi connectivity index (χ1) is 15.1. The molecule has 3 rings (SSSR count). The highest BCUT2D eigenvalue weighted by molar-refractivity contribution is 5.98. The van der Waals surface area contributed by atoms with E-state index in [0.29, 0.717) is 18.0 Å². The highest BCUT2D eigenvalue weighted by Gasteiger charge is 2.31. The molecule has 1 amide bonds. The number of benzene rings is 1. The second-order valence-electron chi connectivity index (χ2n) is 7.02. The third-order valence-corrected chi connectivity index (χ3v) is 4.83. The number of nitrogens with zero attached hydrogens (tertiary/aromatic N) is 6. The van der Waals surface area contributed by atoms with Crippen molar-refractivity contribution in [1.29, 1.82) is 0 Å². The van der Waals surface area contributed by atoms with E-state index in [0.717, 1.165) is 0 Å². The highest BCUT2D eigenvalue weighted by atomic mass is 19.4. The minimum Gasteiger partial charge on any atom is -0.352 e. The van der Waals surface area contributed by atoms with E-state index < -0.39 is 29.5 Å². The van der Waals surface area contributed by atoms with Crippen LogP contribution in [0.25, 0.3) is 5.69 Å². The lowest BCUT2D eigenvalue weighted by Crippen LogP contribution is -2.43. The Morgan fingerprint density at radius 1 is 1.19 bits per heavy atom. The molecule has 170 valence electrons. The van der Waals surface area contributed by atoms with Gasteiger partial charge in [0.25, 0.3) is 5.91 Å². The maximum absolute atomic E-state index is 15.0. The van der Waals surface area contributed by atoms with Crippen molar-refractivity contribution in [2.75, 3.05) is 18.4 Å². The zero-order valence-corrected chi connectivity index (χ0v) is 17.6. The Morgan fingerprint density at radius 3 is 2.38 bits per heavy atom. The van der Waals surface area contributed by atoms with Crippen LogP contribution < -0.4 is 5.32 Å². The molecule has 2 aromatic heterocycles. The summed E-state index contributed by atoms with van der Waals surface area (Å²) in [5.74, 6) is -1.25. The molecule has 8 nitrogen and oxygen atoms in total. The lowest BCUT2D eigenvalue weighted by atomic mass is 10.1. The van der Waals surface area contributed by atoms with Crippen molar-refractivity contribution in [3.63, 3.8) is 0 Å². The smallest absolute Gasteiger partial charge is 0.352 e. The summed E-state index contributed by atoms with van der Waals surface area (Å²) in [6.07, 6.45) is -0.348. The quantitative estimate of drug-likeness (QED) is 0.554. The maximum atomic E-state index is 15.0. The number of anilines is 1. The second kappa shape index (κ2) is 9.28. The van der Waals surface area contributed by atoms with Gasteiger partial charge in [-0.25, -0.2) is 14.4 Å². The van der Waals surface area contributed by atoms with Crippen LogP contribution in [-0.2, 0) is 6.18 Å². The van der Waals surface area contributed by atoms with E-state index in [-0.39, 0.29) is 30.3 Å². The van der Waals surface area contributed by atoms with Gasteiger partial charge >= 0.3 is 6.18 Å². The number of aryl methyl sites for hydroxylation is 1. The van der Waals surface area contributed by atoms with Gasteiger partial charge in [-0.05, 0) is 32.4 Å². The van der Waals surface area contributed by atoms with Crippen LogP contribution in [0.1, 0.15) is 35.3 Å². The number of likely N-dealkylation sites (N-methyl/N-ethyl adjacent to an activating group) is 1. The van der Waals surface area contributed by atoms with E-state index in [1.54, 1.807) is 26.8 Å². The van der Waals surface area contributed by atoms with Crippen molar-refractivity contribution in [2.45, 2.75) is 33.0 Å². The lowest BCUT2D eigenvalue weighted by molar-refractivity contribution is -0.138. The van der Waals surface area contributed by atoms with Gasteiger partial charge in [-0.2, -0.15) is 28.2 Å². The Morgan fingerprint density at radius 2 is 1.81 bits per heavy atom. The molecule has 2 heterocycles. The molecule has 1 unspecified atom stereocenters. The van der Waals surface area contributed by atoms with E-state index in [4.69, 9.17) is 0 Å². The van der Waals surface area contributed by atoms with Crippen molar-refractivity contribution in [1.82, 2.24) is 29.9 Å². The van der Waals surface area contributed by atoms with Crippen LogP contribution in [0.3, 0.4) is 0 Å². The third-order valence-electron chi connectivity index (χ3n) is 4.83. The van der Waals surface area contributed by atoms with E-state index >= 15 is 4.39 Å². The van der Waals surface area contributed by atoms with E-state index in [9.17, 15) is 18.0 Å². The topological polar surface area (TPSA) is 88.8 Å². The number of aromatic nitrogens is 5. The molecule has 3 aromatic rings. The zero-order chi connectivity index (χ0) is 23.5. The summed E-state index contributed by atoms with van der Waals surface area (Å²) >= 11 is 0. The molecular formula is C20H21F4N7O. The number of carbonyl (C=O) groups is 1. The zero-order valence-electron chi connectivity index (χ0n) is 17.6. The van der Waals surface area contributed by atoms with Crippen molar-refractivity contribution >= 4 is 11.9 Å². The summed E-state index contributed by atoms with van der Waals surface area (Å²) in [5.41, 5.74) is -0.631. The molecule has 0 spiro atoms. The molecule has 1 atom stereocenters. The molecule has 32 heavy (non-hydrogen) atoms. The fraction of sp³-hybridized carbons (Fsp3) is 0.350. The maximum Gasteiger partial charge on any atom is 0.419 e. The summed E-state index contributed by atoms with van der Waals surface area (Å²) in [4.78, 5) is 23.2. The Kier molecular flexibility index (Phi) is 6.70. The molecule has 0 bridgehead atoms. The van der Waals surface area contributed by atoms with Gasteiger partial charge in [0.1, 0.15) is 17.1 Å². The van der Waals surface area contributed by atoms with Crippen LogP contribution in [0.15, 0.2) is 36.9 Å². The van der Waals surface area contributed by atoms with Gasteiger partial charge in [0.15, 0.2) is 0 Å². The summed E-state index contributed by atoms with van der Waals surface area (Å²) in [7, 11) is 0. The average Bonchev–Trinajstić information content (AvgIpc) is 3.29. The molecule has 12 heteroatoms. The Bertz CT molecular complexity index is 1070. The van der Waals surface area contributed by atoms with Gasteiger partial charge in [-0.3, -0.25) is 4.79 Å². The molecule has 0 fully saturated rings. The SMILES string of the molecule is CCN(C(=O)c1c(-n2nccn2)ccc(C)c1F)C(C)CNc1ncc(C(F)(F)F)cn1. The predicted octanol–water partition coefficient (Wildman–Crippen LogP) is 3.49.